The smallest absolute Gasteiger partial charge is 0.337 e. The van der Waals surface area contributed by atoms with Crippen LogP contribution in [0.1, 0.15) is 62.2 Å². The van der Waals surface area contributed by atoms with E-state index in [4.69, 9.17) is 0 Å². The third-order valence-corrected chi connectivity index (χ3v) is 3.83. The predicted molar refractivity (Wildman–Crippen MR) is 93.6 cm³/mol. The molecule has 0 saturated heterocycles. The van der Waals surface area contributed by atoms with Crippen LogP contribution in [0.4, 0.5) is 0 Å². The molecule has 5 heteroatoms. The van der Waals surface area contributed by atoms with Crippen LogP contribution in [0, 0.1) is 5.92 Å². The van der Waals surface area contributed by atoms with Crippen molar-refractivity contribution >= 4 is 29.7 Å². The number of hydrogen-bond acceptors (Lipinski definition) is 4. The summed E-state index contributed by atoms with van der Waals surface area (Å²) in [4.78, 5) is 39.5. The summed E-state index contributed by atoms with van der Waals surface area (Å²) in [6.45, 7) is 6.94. The Hall–Kier alpha value is -2.56. The highest BCUT2D eigenvalue weighted by Crippen LogP contribution is 2.19. The second-order valence-electron chi connectivity index (χ2n) is 5.68. The number of carboxylic acids is 1. The van der Waals surface area contributed by atoms with Gasteiger partial charge in [0.15, 0.2) is 5.78 Å². The van der Waals surface area contributed by atoms with E-state index in [0.29, 0.717) is 23.3 Å². The number of hydrogen-bond donors (Lipinski definition) is 1. The zero-order valence-corrected chi connectivity index (χ0v) is 14.5. The molecule has 0 amide bonds. The summed E-state index contributed by atoms with van der Waals surface area (Å²) in [5, 5.41) is 9.31. The number of aromatic carboxylic acids is 1. The molecule has 1 atom stereocenters. The Kier molecular flexibility index (Phi) is 7.24. The maximum atomic E-state index is 12.1. The van der Waals surface area contributed by atoms with Gasteiger partial charge in [0.1, 0.15) is 5.78 Å². The van der Waals surface area contributed by atoms with Gasteiger partial charge in [0, 0.05) is 24.1 Å². The van der Waals surface area contributed by atoms with Crippen molar-refractivity contribution in [1.82, 2.24) is 4.98 Å². The largest absolute Gasteiger partial charge is 0.478 e. The molecule has 0 bridgehead atoms. The Balaban J connectivity index is 3.34. The van der Waals surface area contributed by atoms with Gasteiger partial charge in [-0.05, 0) is 44.1 Å². The van der Waals surface area contributed by atoms with Crippen LogP contribution in [-0.2, 0) is 9.59 Å². The molecule has 24 heavy (non-hydrogen) atoms. The van der Waals surface area contributed by atoms with Gasteiger partial charge in [-0.25, -0.2) is 4.79 Å². The number of aromatic nitrogens is 1. The standard InChI is InChI=1S/C19H23NO4/c1-5-7-16-9-15(17(11-20-16)19(23)24)8-14(13(4)21)10-18(22)12(3)6-2/h5,7-9,11-12H,6,10H2,1-4H3,(H,23,24)/b7-5-,14-8+. The van der Waals surface area contributed by atoms with Gasteiger partial charge in [0.2, 0.25) is 0 Å². The number of Topliss-reactive ketones (excluding diaryl/α,β-unsaturated/α-hetero) is 2. The Morgan fingerprint density at radius 1 is 1.33 bits per heavy atom. The first kappa shape index (κ1) is 19.5. The fourth-order valence-electron chi connectivity index (χ4n) is 2.10. The lowest BCUT2D eigenvalue weighted by Crippen LogP contribution is -2.13. The van der Waals surface area contributed by atoms with Crippen LogP contribution in [0.5, 0.6) is 0 Å². The Morgan fingerprint density at radius 2 is 2.00 bits per heavy atom. The minimum absolute atomic E-state index is 0.00186. The van der Waals surface area contributed by atoms with E-state index in [1.807, 2.05) is 20.8 Å². The first-order valence-corrected chi connectivity index (χ1v) is 7.90. The highest BCUT2D eigenvalue weighted by atomic mass is 16.4. The topological polar surface area (TPSA) is 84.3 Å². The van der Waals surface area contributed by atoms with Crippen LogP contribution < -0.4 is 0 Å². The molecular weight excluding hydrogens is 306 g/mol. The van der Waals surface area contributed by atoms with Crippen molar-refractivity contribution < 1.29 is 19.5 Å². The van der Waals surface area contributed by atoms with E-state index in [0.717, 1.165) is 0 Å². The second kappa shape index (κ2) is 8.91. The second-order valence-corrected chi connectivity index (χ2v) is 5.68. The van der Waals surface area contributed by atoms with Crippen molar-refractivity contribution in [3.63, 3.8) is 0 Å². The maximum absolute atomic E-state index is 12.1. The van der Waals surface area contributed by atoms with Crippen LogP contribution in [-0.4, -0.2) is 27.6 Å². The summed E-state index contributed by atoms with van der Waals surface area (Å²) in [6.07, 6.45) is 6.98. The van der Waals surface area contributed by atoms with E-state index in [2.05, 4.69) is 4.98 Å². The summed E-state index contributed by atoms with van der Waals surface area (Å²) in [5.74, 6) is -1.54. The lowest BCUT2D eigenvalue weighted by Gasteiger charge is -2.10. The van der Waals surface area contributed by atoms with Crippen molar-refractivity contribution in [2.75, 3.05) is 0 Å². The first-order chi connectivity index (χ1) is 11.3. The number of carbonyl (C=O) groups excluding carboxylic acids is 2. The zero-order chi connectivity index (χ0) is 18.3. The summed E-state index contributed by atoms with van der Waals surface area (Å²) in [6, 6.07) is 1.60. The van der Waals surface area contributed by atoms with Gasteiger partial charge >= 0.3 is 5.97 Å². The molecule has 1 N–H and O–H groups in total. The molecule has 5 nitrogen and oxygen atoms in total. The van der Waals surface area contributed by atoms with Crippen molar-refractivity contribution in [3.8, 4) is 0 Å². The fraction of sp³-hybridized carbons (Fsp3) is 0.368. The summed E-state index contributed by atoms with van der Waals surface area (Å²) in [7, 11) is 0. The predicted octanol–water partition coefficient (Wildman–Crippen LogP) is 3.79. The van der Waals surface area contributed by atoms with Gasteiger partial charge in [-0.15, -0.1) is 0 Å². The molecule has 0 aromatic carbocycles. The lowest BCUT2D eigenvalue weighted by molar-refractivity contribution is -0.123. The van der Waals surface area contributed by atoms with Crippen LogP contribution in [0.3, 0.4) is 0 Å². The number of ketones is 2. The maximum Gasteiger partial charge on any atom is 0.337 e. The molecular formula is C19H23NO4. The third-order valence-electron chi connectivity index (χ3n) is 3.83. The number of pyridine rings is 1. The molecule has 1 unspecified atom stereocenters. The van der Waals surface area contributed by atoms with E-state index in [9.17, 15) is 19.5 Å². The number of rotatable bonds is 8. The molecule has 0 saturated carbocycles. The molecule has 0 fully saturated rings. The number of carboxylic acid groups (broad SMARTS) is 1. The van der Waals surface area contributed by atoms with Crippen molar-refractivity contribution in [2.24, 2.45) is 5.92 Å². The van der Waals surface area contributed by atoms with E-state index < -0.39 is 5.97 Å². The monoisotopic (exact) mass is 329 g/mol. The van der Waals surface area contributed by atoms with Gasteiger partial charge in [0.05, 0.1) is 11.3 Å². The SMILES string of the molecule is C/C=C\c1cc(/C=C(\CC(=O)C(C)CC)C(C)=O)c(C(=O)O)cn1. The molecule has 0 radical (unpaired) electrons. The normalized spacial score (nSPS) is 13.1. The quantitative estimate of drug-likeness (QED) is 0.733. The summed E-state index contributed by atoms with van der Waals surface area (Å²) < 4.78 is 0. The lowest BCUT2D eigenvalue weighted by atomic mass is 9.94. The van der Waals surface area contributed by atoms with Crippen molar-refractivity contribution in [3.05, 3.63) is 40.7 Å². The summed E-state index contributed by atoms with van der Waals surface area (Å²) in [5.41, 5.74) is 1.26. The van der Waals surface area contributed by atoms with Crippen LogP contribution >= 0.6 is 0 Å². The number of nitrogens with zero attached hydrogens (tertiary/aromatic N) is 1. The van der Waals surface area contributed by atoms with E-state index in [1.165, 1.54) is 19.2 Å². The highest BCUT2D eigenvalue weighted by molar-refractivity contribution is 6.04. The van der Waals surface area contributed by atoms with E-state index >= 15 is 0 Å². The number of carbonyl (C=O) groups is 3. The molecule has 0 aliphatic rings. The Morgan fingerprint density at radius 3 is 2.50 bits per heavy atom. The molecule has 1 aromatic heterocycles. The molecule has 1 rings (SSSR count). The Bertz CT molecular complexity index is 701. The first-order valence-electron chi connectivity index (χ1n) is 7.90. The van der Waals surface area contributed by atoms with Crippen LogP contribution in [0.25, 0.3) is 12.2 Å². The third kappa shape index (κ3) is 5.26. The molecule has 0 spiro atoms. The Labute approximate surface area is 142 Å². The van der Waals surface area contributed by atoms with Gasteiger partial charge in [-0.2, -0.15) is 0 Å². The van der Waals surface area contributed by atoms with Crippen molar-refractivity contribution in [1.29, 1.82) is 0 Å². The van der Waals surface area contributed by atoms with Crippen LogP contribution in [0.2, 0.25) is 0 Å². The molecule has 0 aliphatic heterocycles. The van der Waals surface area contributed by atoms with Gasteiger partial charge in [-0.3, -0.25) is 14.6 Å². The highest BCUT2D eigenvalue weighted by Gasteiger charge is 2.17. The average molecular weight is 329 g/mol. The van der Waals surface area contributed by atoms with E-state index in [-0.39, 0.29) is 29.5 Å². The fourth-order valence-corrected chi connectivity index (χ4v) is 2.10. The van der Waals surface area contributed by atoms with E-state index in [1.54, 1.807) is 18.2 Å². The van der Waals surface area contributed by atoms with Gasteiger partial charge in [-0.1, -0.05) is 19.9 Å². The summed E-state index contributed by atoms with van der Waals surface area (Å²) >= 11 is 0. The average Bonchev–Trinajstić information content (AvgIpc) is 2.53. The molecule has 128 valence electrons. The molecule has 1 aromatic rings. The van der Waals surface area contributed by atoms with Crippen molar-refractivity contribution in [2.45, 2.75) is 40.5 Å². The van der Waals surface area contributed by atoms with Gasteiger partial charge < -0.3 is 5.11 Å². The minimum Gasteiger partial charge on any atom is -0.478 e. The minimum atomic E-state index is -1.13. The van der Waals surface area contributed by atoms with Gasteiger partial charge in [0.25, 0.3) is 0 Å². The number of allylic oxidation sites excluding steroid dienone is 2. The molecule has 1 heterocycles. The van der Waals surface area contributed by atoms with Crippen LogP contribution in [0.15, 0.2) is 23.9 Å². The molecule has 0 aliphatic carbocycles. The zero-order valence-electron chi connectivity index (χ0n) is 14.5.